The fourth-order valence-corrected chi connectivity index (χ4v) is 2.22. The lowest BCUT2D eigenvalue weighted by Crippen LogP contribution is -2.16. The van der Waals surface area contributed by atoms with Gasteiger partial charge in [0.2, 0.25) is 10.0 Å². The van der Waals surface area contributed by atoms with E-state index in [1.165, 1.54) is 30.5 Å². The van der Waals surface area contributed by atoms with E-state index in [1.807, 2.05) is 0 Å². The van der Waals surface area contributed by atoms with Gasteiger partial charge in [-0.2, -0.15) is 0 Å². The SMILES string of the molecule is Nc1[nH]c(=S)[nH]c(=O)c1C=Nc1ccc(S(N)(=O)=O)cc1. The maximum Gasteiger partial charge on any atom is 0.262 e. The fourth-order valence-electron chi connectivity index (χ4n) is 1.50. The standard InChI is InChI=1S/C11H11N5O3S2/c12-9-8(10(17)16-11(20)15-9)5-14-6-1-3-7(4-2-6)21(13,18)19/h1-5H,(H2,13,18,19)(H4,12,15,16,17,20). The summed E-state index contributed by atoms with van der Waals surface area (Å²) in [5.41, 5.74) is 5.73. The van der Waals surface area contributed by atoms with Crippen LogP contribution in [0.3, 0.4) is 0 Å². The van der Waals surface area contributed by atoms with Gasteiger partial charge in [0.25, 0.3) is 5.56 Å². The van der Waals surface area contributed by atoms with Crippen molar-refractivity contribution in [3.05, 3.63) is 45.0 Å². The van der Waals surface area contributed by atoms with Gasteiger partial charge in [0.05, 0.1) is 16.1 Å². The number of benzene rings is 1. The van der Waals surface area contributed by atoms with E-state index in [0.29, 0.717) is 5.69 Å². The minimum atomic E-state index is -3.75. The van der Waals surface area contributed by atoms with E-state index < -0.39 is 15.6 Å². The number of aliphatic imine (C=N–C) groups is 1. The first-order valence-electron chi connectivity index (χ1n) is 5.56. The third-order valence-corrected chi connectivity index (χ3v) is 3.65. The lowest BCUT2D eigenvalue weighted by Gasteiger charge is -2.00. The third kappa shape index (κ3) is 3.62. The van der Waals surface area contributed by atoms with Gasteiger partial charge in [-0.25, -0.2) is 13.6 Å². The lowest BCUT2D eigenvalue weighted by molar-refractivity contribution is 0.598. The van der Waals surface area contributed by atoms with Gasteiger partial charge >= 0.3 is 0 Å². The highest BCUT2D eigenvalue weighted by molar-refractivity contribution is 7.89. The van der Waals surface area contributed by atoms with Crippen LogP contribution in [0.25, 0.3) is 0 Å². The number of nitrogens with one attached hydrogen (secondary N) is 2. The second-order valence-corrected chi connectivity index (χ2v) is 6.00. The molecule has 0 saturated carbocycles. The van der Waals surface area contributed by atoms with Crippen LogP contribution in [-0.4, -0.2) is 24.6 Å². The van der Waals surface area contributed by atoms with Crippen LogP contribution in [-0.2, 0) is 10.0 Å². The molecular weight excluding hydrogens is 314 g/mol. The first-order chi connectivity index (χ1) is 9.77. The number of sulfonamides is 1. The molecule has 2 rings (SSSR count). The molecular formula is C11H11N5O3S2. The third-order valence-electron chi connectivity index (χ3n) is 2.52. The van der Waals surface area contributed by atoms with Gasteiger partial charge in [0, 0.05) is 6.21 Å². The summed E-state index contributed by atoms with van der Waals surface area (Å²) in [6.07, 6.45) is 1.26. The average Bonchev–Trinajstić information content (AvgIpc) is 2.37. The molecule has 21 heavy (non-hydrogen) atoms. The Hall–Kier alpha value is -2.30. The van der Waals surface area contributed by atoms with Crippen LogP contribution in [0, 0.1) is 4.77 Å². The Balaban J connectivity index is 2.35. The number of nitrogens with zero attached hydrogens (tertiary/aromatic N) is 1. The number of anilines is 1. The Morgan fingerprint density at radius 2 is 1.81 bits per heavy atom. The largest absolute Gasteiger partial charge is 0.384 e. The minimum absolute atomic E-state index is 0.0254. The first kappa shape index (κ1) is 15.1. The normalized spacial score (nSPS) is 11.9. The molecule has 0 spiro atoms. The van der Waals surface area contributed by atoms with E-state index in [9.17, 15) is 13.2 Å². The summed E-state index contributed by atoms with van der Waals surface area (Å²) in [5, 5.41) is 4.98. The van der Waals surface area contributed by atoms with Gasteiger partial charge in [-0.05, 0) is 36.5 Å². The fraction of sp³-hybridized carbons (Fsp3) is 0. The van der Waals surface area contributed by atoms with Crippen molar-refractivity contribution in [3.63, 3.8) is 0 Å². The monoisotopic (exact) mass is 325 g/mol. The molecule has 1 heterocycles. The van der Waals surface area contributed by atoms with Gasteiger partial charge in [0.15, 0.2) is 4.77 Å². The number of hydrogen-bond donors (Lipinski definition) is 4. The Morgan fingerprint density at radius 3 is 2.33 bits per heavy atom. The van der Waals surface area contributed by atoms with E-state index in [2.05, 4.69) is 15.0 Å². The Labute approximate surface area is 124 Å². The highest BCUT2D eigenvalue weighted by Crippen LogP contribution is 2.15. The van der Waals surface area contributed by atoms with Crippen LogP contribution >= 0.6 is 12.2 Å². The molecule has 110 valence electrons. The number of aromatic amines is 2. The molecule has 10 heteroatoms. The van der Waals surface area contributed by atoms with Gasteiger partial charge in [-0.15, -0.1) is 0 Å². The predicted molar refractivity (Wildman–Crippen MR) is 81.7 cm³/mol. The number of nitrogens with two attached hydrogens (primary N) is 2. The summed E-state index contributed by atoms with van der Waals surface area (Å²) < 4.78 is 22.3. The summed E-state index contributed by atoms with van der Waals surface area (Å²) in [6.45, 7) is 0. The van der Waals surface area contributed by atoms with E-state index in [0.717, 1.165) is 0 Å². The average molecular weight is 325 g/mol. The molecule has 0 fully saturated rings. The van der Waals surface area contributed by atoms with Gasteiger partial charge in [-0.1, -0.05) is 0 Å². The van der Waals surface area contributed by atoms with Crippen LogP contribution in [0.1, 0.15) is 5.56 Å². The summed E-state index contributed by atoms with van der Waals surface area (Å²) in [7, 11) is -3.75. The molecule has 6 N–H and O–H groups in total. The molecule has 8 nitrogen and oxygen atoms in total. The number of rotatable bonds is 3. The van der Waals surface area contributed by atoms with Crippen molar-refractivity contribution >= 4 is 40.0 Å². The van der Waals surface area contributed by atoms with Gasteiger partial charge in [0.1, 0.15) is 5.82 Å². The highest BCUT2D eigenvalue weighted by atomic mass is 32.2. The number of H-pyrrole nitrogens is 2. The zero-order valence-corrected chi connectivity index (χ0v) is 12.2. The molecule has 0 aliphatic heterocycles. The van der Waals surface area contributed by atoms with Crippen LogP contribution in [0.15, 0.2) is 38.9 Å². The predicted octanol–water partition coefficient (Wildman–Crippen LogP) is 0.413. The molecule has 0 atom stereocenters. The van der Waals surface area contributed by atoms with Crippen LogP contribution in [0.2, 0.25) is 0 Å². The van der Waals surface area contributed by atoms with Crippen molar-refractivity contribution in [1.29, 1.82) is 0 Å². The summed E-state index contributed by atoms with van der Waals surface area (Å²) in [5.74, 6) is 0.0913. The Bertz CT molecular complexity index is 910. The molecule has 1 aromatic carbocycles. The van der Waals surface area contributed by atoms with Crippen LogP contribution in [0.4, 0.5) is 11.5 Å². The number of primary sulfonamides is 1. The summed E-state index contributed by atoms with van der Waals surface area (Å²) in [6, 6.07) is 5.53. The summed E-state index contributed by atoms with van der Waals surface area (Å²) in [4.78, 5) is 20.6. The number of hydrogen-bond acceptors (Lipinski definition) is 6. The van der Waals surface area contributed by atoms with Crippen molar-refractivity contribution in [1.82, 2.24) is 9.97 Å². The number of aromatic nitrogens is 2. The Kier molecular flexibility index (Phi) is 4.02. The number of nitrogen functional groups attached to an aromatic ring is 1. The molecule has 0 radical (unpaired) electrons. The van der Waals surface area contributed by atoms with Crippen molar-refractivity contribution in [2.24, 2.45) is 10.1 Å². The maximum absolute atomic E-state index is 11.7. The van der Waals surface area contributed by atoms with Gasteiger partial charge < -0.3 is 10.7 Å². The van der Waals surface area contributed by atoms with E-state index >= 15 is 0 Å². The molecule has 0 bridgehead atoms. The smallest absolute Gasteiger partial charge is 0.262 e. The highest BCUT2D eigenvalue weighted by Gasteiger charge is 2.06. The van der Waals surface area contributed by atoms with E-state index in [4.69, 9.17) is 23.1 Å². The molecule has 0 aliphatic carbocycles. The summed E-state index contributed by atoms with van der Waals surface area (Å²) >= 11 is 4.77. The molecule has 2 aromatic rings. The second kappa shape index (κ2) is 5.60. The van der Waals surface area contributed by atoms with Crippen molar-refractivity contribution in [3.8, 4) is 0 Å². The van der Waals surface area contributed by atoms with Gasteiger partial charge in [-0.3, -0.25) is 14.8 Å². The molecule has 0 amide bonds. The van der Waals surface area contributed by atoms with Crippen molar-refractivity contribution in [2.45, 2.75) is 4.90 Å². The first-order valence-corrected chi connectivity index (χ1v) is 7.52. The lowest BCUT2D eigenvalue weighted by atomic mass is 10.3. The zero-order valence-electron chi connectivity index (χ0n) is 10.5. The minimum Gasteiger partial charge on any atom is -0.384 e. The zero-order chi connectivity index (χ0) is 15.6. The molecule has 1 aromatic heterocycles. The molecule has 0 saturated heterocycles. The van der Waals surface area contributed by atoms with E-state index in [-0.39, 0.29) is 21.0 Å². The topological polar surface area (TPSA) is 147 Å². The second-order valence-electron chi connectivity index (χ2n) is 4.03. The van der Waals surface area contributed by atoms with Crippen LogP contribution in [0.5, 0.6) is 0 Å². The quantitative estimate of drug-likeness (QED) is 0.476. The molecule has 0 aliphatic rings. The van der Waals surface area contributed by atoms with Crippen molar-refractivity contribution < 1.29 is 8.42 Å². The van der Waals surface area contributed by atoms with Crippen LogP contribution < -0.4 is 16.4 Å². The maximum atomic E-state index is 11.7. The van der Waals surface area contributed by atoms with E-state index in [1.54, 1.807) is 0 Å². The molecule has 0 unspecified atom stereocenters. The van der Waals surface area contributed by atoms with Crippen molar-refractivity contribution in [2.75, 3.05) is 5.73 Å². The Morgan fingerprint density at radius 1 is 1.19 bits per heavy atom.